The van der Waals surface area contributed by atoms with Gasteiger partial charge in [-0.1, -0.05) is 37.6 Å². The molecule has 0 saturated heterocycles. The highest BCUT2D eigenvalue weighted by Crippen LogP contribution is 2.26. The van der Waals surface area contributed by atoms with E-state index in [0.29, 0.717) is 28.9 Å². The van der Waals surface area contributed by atoms with E-state index >= 15 is 0 Å². The third-order valence-corrected chi connectivity index (χ3v) is 4.79. The van der Waals surface area contributed by atoms with E-state index in [1.54, 1.807) is 25.1 Å². The van der Waals surface area contributed by atoms with Gasteiger partial charge in [-0.05, 0) is 61.2 Å². The van der Waals surface area contributed by atoms with Gasteiger partial charge in [-0.25, -0.2) is 4.79 Å². The number of rotatable bonds is 10. The molecule has 0 amide bonds. The van der Waals surface area contributed by atoms with E-state index in [-0.39, 0.29) is 18.8 Å². The lowest BCUT2D eigenvalue weighted by atomic mass is 9.99. The van der Waals surface area contributed by atoms with Gasteiger partial charge < -0.3 is 14.2 Å². The average molecular weight is 428 g/mol. The summed E-state index contributed by atoms with van der Waals surface area (Å²) in [4.78, 5) is 11.9. The summed E-state index contributed by atoms with van der Waals surface area (Å²) in [6.45, 7) is 6.86. The summed E-state index contributed by atoms with van der Waals surface area (Å²) >= 11 is 6.06. The number of benzene rings is 2. The molecule has 0 radical (unpaired) electrons. The molecule has 6 heteroatoms. The molecule has 0 heterocycles. The molecule has 5 nitrogen and oxygen atoms in total. The molecule has 0 aromatic heterocycles. The number of halogens is 1. The molecular weight excluding hydrogens is 402 g/mol. The standard InChI is InChI=1S/C24H26ClNO4/c1-4-17(3)18-6-9-22(10-7-18)29-12-13-30-23-11-8-21(25)15-19(23)14-20(16-26)24(27)28-5-2/h6-11,14-15,17H,4-5,12-13H2,1-3H3. The average Bonchev–Trinajstić information content (AvgIpc) is 2.76. The van der Waals surface area contributed by atoms with Gasteiger partial charge in [-0.15, -0.1) is 0 Å². The van der Waals surface area contributed by atoms with Crippen LogP contribution in [-0.2, 0) is 9.53 Å². The number of carbonyl (C=O) groups excluding carboxylic acids is 1. The molecule has 0 fully saturated rings. The van der Waals surface area contributed by atoms with Crippen molar-refractivity contribution >= 4 is 23.6 Å². The minimum atomic E-state index is -0.685. The lowest BCUT2D eigenvalue weighted by Crippen LogP contribution is -2.10. The van der Waals surface area contributed by atoms with Gasteiger partial charge in [0.1, 0.15) is 36.4 Å². The first-order chi connectivity index (χ1) is 14.5. The summed E-state index contributed by atoms with van der Waals surface area (Å²) < 4.78 is 16.4. The minimum absolute atomic E-state index is 0.124. The van der Waals surface area contributed by atoms with Crippen LogP contribution in [0.1, 0.15) is 44.2 Å². The Morgan fingerprint density at radius 1 is 1.13 bits per heavy atom. The number of nitriles is 1. The lowest BCUT2D eigenvalue weighted by molar-refractivity contribution is -0.137. The lowest BCUT2D eigenvalue weighted by Gasteiger charge is -2.12. The van der Waals surface area contributed by atoms with Crippen LogP contribution >= 0.6 is 11.6 Å². The SMILES string of the molecule is CCOC(=O)C(C#N)=Cc1cc(Cl)ccc1OCCOc1ccc(C(C)CC)cc1. The first-order valence-corrected chi connectivity index (χ1v) is 10.3. The van der Waals surface area contributed by atoms with Gasteiger partial charge in [0.15, 0.2) is 0 Å². The van der Waals surface area contributed by atoms with Crippen molar-refractivity contribution < 1.29 is 19.0 Å². The van der Waals surface area contributed by atoms with Crippen LogP contribution in [0.2, 0.25) is 5.02 Å². The van der Waals surface area contributed by atoms with Gasteiger partial charge in [0, 0.05) is 10.6 Å². The van der Waals surface area contributed by atoms with Crippen LogP contribution in [-0.4, -0.2) is 25.8 Å². The first-order valence-electron chi connectivity index (χ1n) is 9.92. The van der Waals surface area contributed by atoms with E-state index in [1.807, 2.05) is 18.2 Å². The second-order valence-corrected chi connectivity index (χ2v) is 7.08. The Labute approximate surface area is 182 Å². The Bertz CT molecular complexity index is 916. The van der Waals surface area contributed by atoms with E-state index < -0.39 is 5.97 Å². The molecule has 0 aliphatic heterocycles. The van der Waals surface area contributed by atoms with E-state index in [2.05, 4.69) is 26.0 Å². The van der Waals surface area contributed by atoms with Crippen molar-refractivity contribution in [1.29, 1.82) is 5.26 Å². The summed E-state index contributed by atoms with van der Waals surface area (Å²) in [7, 11) is 0. The predicted molar refractivity (Wildman–Crippen MR) is 118 cm³/mol. The zero-order valence-corrected chi connectivity index (χ0v) is 18.2. The van der Waals surface area contributed by atoms with Crippen molar-refractivity contribution in [3.05, 3.63) is 64.2 Å². The molecule has 30 heavy (non-hydrogen) atoms. The third-order valence-electron chi connectivity index (χ3n) is 4.56. The monoisotopic (exact) mass is 427 g/mol. The zero-order valence-electron chi connectivity index (χ0n) is 17.5. The molecule has 158 valence electrons. The Kier molecular flexibility index (Phi) is 9.24. The van der Waals surface area contributed by atoms with Crippen LogP contribution in [0.3, 0.4) is 0 Å². The van der Waals surface area contributed by atoms with Crippen molar-refractivity contribution in [3.8, 4) is 17.6 Å². The van der Waals surface area contributed by atoms with Crippen molar-refractivity contribution in [2.45, 2.75) is 33.1 Å². The molecule has 0 aliphatic carbocycles. The topological polar surface area (TPSA) is 68.6 Å². The van der Waals surface area contributed by atoms with Gasteiger partial charge in [0.2, 0.25) is 0 Å². The van der Waals surface area contributed by atoms with Gasteiger partial charge >= 0.3 is 5.97 Å². The van der Waals surface area contributed by atoms with E-state index in [1.165, 1.54) is 11.6 Å². The number of hydrogen-bond donors (Lipinski definition) is 0. The molecule has 0 N–H and O–H groups in total. The van der Waals surface area contributed by atoms with Crippen LogP contribution in [0.5, 0.6) is 11.5 Å². The molecule has 0 saturated carbocycles. The van der Waals surface area contributed by atoms with Crippen LogP contribution in [0.4, 0.5) is 0 Å². The van der Waals surface area contributed by atoms with Crippen LogP contribution in [0.25, 0.3) is 6.08 Å². The van der Waals surface area contributed by atoms with Gasteiger partial charge in [0.05, 0.1) is 6.61 Å². The third kappa shape index (κ3) is 6.82. The van der Waals surface area contributed by atoms with Gasteiger partial charge in [-0.2, -0.15) is 5.26 Å². The van der Waals surface area contributed by atoms with E-state index in [9.17, 15) is 10.1 Å². The van der Waals surface area contributed by atoms with Gasteiger partial charge in [-0.3, -0.25) is 0 Å². The molecule has 1 atom stereocenters. The highest BCUT2D eigenvalue weighted by Gasteiger charge is 2.12. The van der Waals surface area contributed by atoms with Crippen molar-refractivity contribution in [2.24, 2.45) is 0 Å². The number of carbonyl (C=O) groups is 1. The molecule has 0 bridgehead atoms. The molecule has 2 aromatic rings. The Hall–Kier alpha value is -2.97. The number of esters is 1. The fourth-order valence-electron chi connectivity index (χ4n) is 2.70. The summed E-state index contributed by atoms with van der Waals surface area (Å²) in [6.07, 6.45) is 2.50. The first kappa shape index (κ1) is 23.3. The normalized spacial score (nSPS) is 12.0. The number of ether oxygens (including phenoxy) is 3. The van der Waals surface area contributed by atoms with E-state index in [4.69, 9.17) is 25.8 Å². The predicted octanol–water partition coefficient (Wildman–Crippen LogP) is 5.78. The molecule has 0 aliphatic rings. The maximum absolute atomic E-state index is 11.9. The van der Waals surface area contributed by atoms with Crippen LogP contribution < -0.4 is 9.47 Å². The number of nitrogens with zero attached hydrogens (tertiary/aromatic N) is 1. The second-order valence-electron chi connectivity index (χ2n) is 6.65. The largest absolute Gasteiger partial charge is 0.490 e. The van der Waals surface area contributed by atoms with Crippen molar-refractivity contribution in [2.75, 3.05) is 19.8 Å². The Morgan fingerprint density at radius 2 is 1.83 bits per heavy atom. The quantitative estimate of drug-likeness (QED) is 0.208. The highest BCUT2D eigenvalue weighted by molar-refractivity contribution is 6.30. The van der Waals surface area contributed by atoms with E-state index in [0.717, 1.165) is 12.2 Å². The fraction of sp³-hybridized carbons (Fsp3) is 0.333. The fourth-order valence-corrected chi connectivity index (χ4v) is 2.88. The van der Waals surface area contributed by atoms with Crippen molar-refractivity contribution in [3.63, 3.8) is 0 Å². The minimum Gasteiger partial charge on any atom is -0.490 e. The Morgan fingerprint density at radius 3 is 2.47 bits per heavy atom. The molecule has 2 rings (SSSR count). The zero-order chi connectivity index (χ0) is 21.9. The molecule has 0 spiro atoms. The summed E-state index contributed by atoms with van der Waals surface area (Å²) in [6, 6.07) is 14.9. The Balaban J connectivity index is 2.00. The summed E-state index contributed by atoms with van der Waals surface area (Å²) in [5.41, 5.74) is 1.68. The molecule has 1 unspecified atom stereocenters. The number of hydrogen-bond acceptors (Lipinski definition) is 5. The van der Waals surface area contributed by atoms with Crippen LogP contribution in [0, 0.1) is 11.3 Å². The summed E-state index contributed by atoms with van der Waals surface area (Å²) in [5, 5.41) is 9.71. The van der Waals surface area contributed by atoms with Gasteiger partial charge in [0.25, 0.3) is 0 Å². The van der Waals surface area contributed by atoms with Crippen molar-refractivity contribution in [1.82, 2.24) is 0 Å². The summed E-state index contributed by atoms with van der Waals surface area (Å²) in [5.74, 6) is 1.10. The smallest absolute Gasteiger partial charge is 0.348 e. The maximum atomic E-state index is 11.9. The molecule has 2 aromatic carbocycles. The highest BCUT2D eigenvalue weighted by atomic mass is 35.5. The molecular formula is C24H26ClNO4. The second kappa shape index (κ2) is 11.9. The maximum Gasteiger partial charge on any atom is 0.348 e. The van der Waals surface area contributed by atoms with Crippen LogP contribution in [0.15, 0.2) is 48.0 Å².